The molecule has 0 spiro atoms. The second kappa shape index (κ2) is 8.65. The molecule has 1 saturated heterocycles. The zero-order chi connectivity index (χ0) is 17.5. The van der Waals surface area contributed by atoms with Gasteiger partial charge in [0.05, 0.1) is 13.7 Å². The number of piperazine rings is 1. The Morgan fingerprint density at radius 2 is 1.80 bits per heavy atom. The Hall–Kier alpha value is -2.37. The van der Waals surface area contributed by atoms with Crippen molar-refractivity contribution in [3.05, 3.63) is 65.6 Å². The molecule has 5 nitrogen and oxygen atoms in total. The van der Waals surface area contributed by atoms with E-state index >= 15 is 0 Å². The van der Waals surface area contributed by atoms with Gasteiger partial charge in [0.15, 0.2) is 0 Å². The molecule has 5 heteroatoms. The molecule has 0 aliphatic carbocycles. The van der Waals surface area contributed by atoms with Crippen LogP contribution in [0.25, 0.3) is 6.08 Å². The van der Waals surface area contributed by atoms with Crippen LogP contribution in [0.5, 0.6) is 0 Å². The Labute approximate surface area is 148 Å². The third kappa shape index (κ3) is 5.05. The molecule has 132 valence electrons. The average molecular weight is 340 g/mol. The number of esters is 1. The van der Waals surface area contributed by atoms with E-state index in [1.165, 1.54) is 12.7 Å². The van der Waals surface area contributed by atoms with Gasteiger partial charge >= 0.3 is 5.97 Å². The van der Waals surface area contributed by atoms with Crippen LogP contribution in [0.1, 0.15) is 21.9 Å². The molecule has 2 aromatic rings. The first-order valence-electron chi connectivity index (χ1n) is 8.58. The van der Waals surface area contributed by atoms with Crippen LogP contribution in [-0.2, 0) is 11.3 Å². The number of benzene rings is 1. The number of hydrogen-bond donors (Lipinski definition) is 0. The van der Waals surface area contributed by atoms with Crippen molar-refractivity contribution in [2.45, 2.75) is 6.54 Å². The summed E-state index contributed by atoms with van der Waals surface area (Å²) in [6, 6.07) is 13.9. The minimum atomic E-state index is -0.429. The van der Waals surface area contributed by atoms with E-state index in [-0.39, 0.29) is 5.76 Å². The fraction of sp³-hybridized carbons (Fsp3) is 0.350. The first-order valence-corrected chi connectivity index (χ1v) is 8.58. The van der Waals surface area contributed by atoms with E-state index in [2.05, 4.69) is 51.0 Å². The highest BCUT2D eigenvalue weighted by Gasteiger charge is 2.18. The molecule has 0 atom stereocenters. The summed E-state index contributed by atoms with van der Waals surface area (Å²) >= 11 is 0. The third-order valence-electron chi connectivity index (χ3n) is 4.37. The van der Waals surface area contributed by atoms with Gasteiger partial charge in [-0.3, -0.25) is 9.80 Å². The van der Waals surface area contributed by atoms with Crippen molar-refractivity contribution in [2.24, 2.45) is 0 Å². The highest BCUT2D eigenvalue weighted by atomic mass is 16.5. The maximum Gasteiger partial charge on any atom is 0.373 e. The number of furan rings is 1. The van der Waals surface area contributed by atoms with Crippen molar-refractivity contribution in [2.75, 3.05) is 39.8 Å². The van der Waals surface area contributed by atoms with Crippen molar-refractivity contribution in [1.29, 1.82) is 0 Å². The fourth-order valence-corrected chi connectivity index (χ4v) is 2.93. The summed E-state index contributed by atoms with van der Waals surface area (Å²) in [6.07, 6.45) is 4.39. The van der Waals surface area contributed by atoms with Gasteiger partial charge < -0.3 is 9.15 Å². The van der Waals surface area contributed by atoms with Gasteiger partial charge in [-0.05, 0) is 17.7 Å². The van der Waals surface area contributed by atoms with Crippen molar-refractivity contribution in [1.82, 2.24) is 9.80 Å². The lowest BCUT2D eigenvalue weighted by Crippen LogP contribution is -2.45. The van der Waals surface area contributed by atoms with Gasteiger partial charge in [-0.25, -0.2) is 4.79 Å². The van der Waals surface area contributed by atoms with E-state index in [4.69, 9.17) is 4.42 Å². The number of methoxy groups -OCH3 is 1. The first kappa shape index (κ1) is 17.5. The van der Waals surface area contributed by atoms with Crippen molar-refractivity contribution < 1.29 is 13.9 Å². The van der Waals surface area contributed by atoms with E-state index in [0.29, 0.717) is 0 Å². The Morgan fingerprint density at radius 1 is 1.08 bits per heavy atom. The lowest BCUT2D eigenvalue weighted by atomic mass is 10.2. The Morgan fingerprint density at radius 3 is 2.52 bits per heavy atom. The Balaban J connectivity index is 1.42. The summed E-state index contributed by atoms with van der Waals surface area (Å²) in [7, 11) is 1.36. The second-order valence-corrected chi connectivity index (χ2v) is 6.15. The zero-order valence-corrected chi connectivity index (χ0v) is 14.6. The minimum absolute atomic E-state index is 0.266. The Kier molecular flexibility index (Phi) is 6.04. The van der Waals surface area contributed by atoms with Crippen LogP contribution in [0, 0.1) is 0 Å². The monoisotopic (exact) mass is 340 g/mol. The molecule has 2 heterocycles. The molecule has 1 aromatic heterocycles. The highest BCUT2D eigenvalue weighted by Crippen LogP contribution is 2.13. The fourth-order valence-electron chi connectivity index (χ4n) is 2.93. The molecule has 0 unspecified atom stereocenters. The van der Waals surface area contributed by atoms with E-state index in [1.54, 1.807) is 6.07 Å². The normalized spacial score (nSPS) is 16.4. The van der Waals surface area contributed by atoms with E-state index in [1.807, 2.05) is 12.1 Å². The van der Waals surface area contributed by atoms with E-state index in [0.717, 1.165) is 45.0 Å². The number of carbonyl (C=O) groups is 1. The molecular weight excluding hydrogens is 316 g/mol. The van der Waals surface area contributed by atoms with Gasteiger partial charge in [0, 0.05) is 32.7 Å². The molecule has 0 amide bonds. The molecule has 1 fully saturated rings. The predicted octanol–water partition coefficient (Wildman–Crippen LogP) is 2.90. The van der Waals surface area contributed by atoms with Crippen LogP contribution >= 0.6 is 0 Å². The SMILES string of the molecule is COC(=O)c1ccc(CN2CCN(C/C=C/c3ccccc3)CC2)o1. The maximum atomic E-state index is 11.4. The molecule has 0 bridgehead atoms. The van der Waals surface area contributed by atoms with Gasteiger partial charge in [-0.1, -0.05) is 42.5 Å². The van der Waals surface area contributed by atoms with Crippen LogP contribution in [0.2, 0.25) is 0 Å². The molecule has 0 radical (unpaired) electrons. The molecular formula is C20H24N2O3. The molecule has 1 aromatic carbocycles. The molecule has 25 heavy (non-hydrogen) atoms. The third-order valence-corrected chi connectivity index (χ3v) is 4.37. The molecule has 1 aliphatic heterocycles. The molecule has 3 rings (SSSR count). The summed E-state index contributed by atoms with van der Waals surface area (Å²) in [4.78, 5) is 16.2. The van der Waals surface area contributed by atoms with Crippen LogP contribution < -0.4 is 0 Å². The van der Waals surface area contributed by atoms with Crippen LogP contribution in [0.3, 0.4) is 0 Å². The number of nitrogens with zero attached hydrogens (tertiary/aromatic N) is 2. The minimum Gasteiger partial charge on any atom is -0.463 e. The standard InChI is InChI=1S/C20H24N2O3/c1-24-20(23)19-10-9-18(25-19)16-22-14-12-21(13-15-22)11-5-8-17-6-3-2-4-7-17/h2-10H,11-16H2,1H3/b8-5+. The largest absolute Gasteiger partial charge is 0.463 e. The summed E-state index contributed by atoms with van der Waals surface area (Å²) < 4.78 is 10.2. The average Bonchev–Trinajstić information content (AvgIpc) is 3.12. The topological polar surface area (TPSA) is 45.9 Å². The molecule has 0 saturated carbocycles. The highest BCUT2D eigenvalue weighted by molar-refractivity contribution is 5.86. The quantitative estimate of drug-likeness (QED) is 0.757. The number of rotatable bonds is 6. The summed E-state index contributed by atoms with van der Waals surface area (Å²) in [5, 5.41) is 0. The lowest BCUT2D eigenvalue weighted by molar-refractivity contribution is 0.0559. The maximum absolute atomic E-state index is 11.4. The van der Waals surface area contributed by atoms with Gasteiger partial charge in [0.1, 0.15) is 5.76 Å². The van der Waals surface area contributed by atoms with Gasteiger partial charge in [0.2, 0.25) is 5.76 Å². The lowest BCUT2D eigenvalue weighted by Gasteiger charge is -2.33. The second-order valence-electron chi connectivity index (χ2n) is 6.15. The smallest absolute Gasteiger partial charge is 0.373 e. The summed E-state index contributed by atoms with van der Waals surface area (Å²) in [5.41, 5.74) is 1.24. The van der Waals surface area contributed by atoms with Crippen LogP contribution in [0.4, 0.5) is 0 Å². The van der Waals surface area contributed by atoms with E-state index < -0.39 is 5.97 Å². The molecule has 1 aliphatic rings. The first-order chi connectivity index (χ1) is 12.2. The molecule has 0 N–H and O–H groups in total. The number of hydrogen-bond acceptors (Lipinski definition) is 5. The van der Waals surface area contributed by atoms with E-state index in [9.17, 15) is 4.79 Å². The van der Waals surface area contributed by atoms with Gasteiger partial charge in [-0.2, -0.15) is 0 Å². The van der Waals surface area contributed by atoms with Gasteiger partial charge in [0.25, 0.3) is 0 Å². The number of ether oxygens (including phenoxy) is 1. The predicted molar refractivity (Wildman–Crippen MR) is 97.2 cm³/mol. The Bertz CT molecular complexity index is 701. The van der Waals surface area contributed by atoms with Crippen molar-refractivity contribution in [3.63, 3.8) is 0 Å². The number of carbonyl (C=O) groups excluding carboxylic acids is 1. The summed E-state index contributed by atoms with van der Waals surface area (Å²) in [5.74, 6) is 0.640. The van der Waals surface area contributed by atoms with Crippen molar-refractivity contribution in [3.8, 4) is 0 Å². The van der Waals surface area contributed by atoms with Gasteiger partial charge in [-0.15, -0.1) is 0 Å². The summed E-state index contributed by atoms with van der Waals surface area (Å²) in [6.45, 7) is 5.74. The zero-order valence-electron chi connectivity index (χ0n) is 14.6. The van der Waals surface area contributed by atoms with Crippen LogP contribution in [-0.4, -0.2) is 55.6 Å². The van der Waals surface area contributed by atoms with Crippen LogP contribution in [0.15, 0.2) is 53.0 Å². The van der Waals surface area contributed by atoms with Crippen molar-refractivity contribution >= 4 is 12.0 Å².